The van der Waals surface area contributed by atoms with E-state index in [1.165, 1.54) is 11.8 Å². The molecular formula is C26H25ClN2O4S. The van der Waals surface area contributed by atoms with Crippen molar-refractivity contribution in [3.05, 3.63) is 77.3 Å². The fourth-order valence-corrected chi connectivity index (χ4v) is 4.61. The highest BCUT2D eigenvalue weighted by Crippen LogP contribution is 2.33. The molecule has 34 heavy (non-hydrogen) atoms. The van der Waals surface area contributed by atoms with Crippen LogP contribution in [0.5, 0.6) is 11.5 Å². The Morgan fingerprint density at radius 1 is 0.941 bits per heavy atom. The van der Waals surface area contributed by atoms with Crippen LogP contribution in [0, 0.1) is 0 Å². The largest absolute Gasteiger partial charge is 0.486 e. The Morgan fingerprint density at radius 3 is 2.44 bits per heavy atom. The summed E-state index contributed by atoms with van der Waals surface area (Å²) in [5.41, 5.74) is 2.23. The summed E-state index contributed by atoms with van der Waals surface area (Å²) in [4.78, 5) is 26.3. The number of halogens is 1. The third kappa shape index (κ3) is 6.46. The van der Waals surface area contributed by atoms with Gasteiger partial charge in [-0.2, -0.15) is 0 Å². The van der Waals surface area contributed by atoms with Crippen LogP contribution in [0.4, 0.5) is 11.4 Å². The van der Waals surface area contributed by atoms with Crippen molar-refractivity contribution in [2.45, 2.75) is 29.9 Å². The highest BCUT2D eigenvalue weighted by Gasteiger charge is 2.20. The lowest BCUT2D eigenvalue weighted by Crippen LogP contribution is -2.24. The highest BCUT2D eigenvalue weighted by atomic mass is 35.5. The molecule has 1 unspecified atom stereocenters. The van der Waals surface area contributed by atoms with Gasteiger partial charge in [-0.05, 0) is 54.4 Å². The standard InChI is InChI=1S/C26H25ClN2O4S/c1-2-24(26(31)29-20-10-11-22-23(16-20)33-13-12-32-22)34-21-5-3-4-19(15-21)28-25(30)14-17-6-8-18(27)9-7-17/h3-11,15-16,24H,2,12-14H2,1H3,(H,28,30)(H,29,31). The summed E-state index contributed by atoms with van der Waals surface area (Å²) >= 11 is 7.36. The fraction of sp³-hybridized carbons (Fsp3) is 0.231. The molecule has 0 saturated heterocycles. The number of nitrogens with one attached hydrogen (secondary N) is 2. The van der Waals surface area contributed by atoms with Crippen molar-refractivity contribution in [3.63, 3.8) is 0 Å². The molecule has 1 aliphatic rings. The quantitative estimate of drug-likeness (QED) is 0.385. The molecule has 3 aromatic rings. The molecule has 1 aliphatic heterocycles. The minimum atomic E-state index is -0.298. The molecule has 0 aromatic heterocycles. The van der Waals surface area contributed by atoms with Crippen LogP contribution in [0.25, 0.3) is 0 Å². The van der Waals surface area contributed by atoms with E-state index in [1.54, 1.807) is 30.3 Å². The Balaban J connectivity index is 1.36. The van der Waals surface area contributed by atoms with Gasteiger partial charge in [-0.3, -0.25) is 9.59 Å². The van der Waals surface area contributed by atoms with Crippen molar-refractivity contribution in [2.75, 3.05) is 23.8 Å². The summed E-state index contributed by atoms with van der Waals surface area (Å²) in [6.07, 6.45) is 0.901. The average Bonchev–Trinajstić information content (AvgIpc) is 2.84. The number of ether oxygens (including phenoxy) is 2. The van der Waals surface area contributed by atoms with Crippen LogP contribution in [0.1, 0.15) is 18.9 Å². The fourth-order valence-electron chi connectivity index (χ4n) is 3.47. The molecule has 8 heteroatoms. The Bertz CT molecular complexity index is 1170. The molecule has 0 aliphatic carbocycles. The zero-order valence-corrected chi connectivity index (χ0v) is 20.2. The second-order valence-electron chi connectivity index (χ2n) is 7.74. The summed E-state index contributed by atoms with van der Waals surface area (Å²) in [6.45, 7) is 2.98. The molecule has 6 nitrogen and oxygen atoms in total. The van der Waals surface area contributed by atoms with E-state index in [-0.39, 0.29) is 23.5 Å². The van der Waals surface area contributed by atoms with E-state index < -0.39 is 0 Å². The van der Waals surface area contributed by atoms with Gasteiger partial charge in [0.1, 0.15) is 13.2 Å². The van der Waals surface area contributed by atoms with Crippen molar-refractivity contribution in [2.24, 2.45) is 0 Å². The van der Waals surface area contributed by atoms with Crippen LogP contribution in [-0.2, 0) is 16.0 Å². The Hall–Kier alpha value is -3.16. The van der Waals surface area contributed by atoms with Crippen molar-refractivity contribution >= 4 is 46.6 Å². The van der Waals surface area contributed by atoms with Gasteiger partial charge in [-0.1, -0.05) is 36.7 Å². The number of hydrogen-bond acceptors (Lipinski definition) is 5. The minimum absolute atomic E-state index is 0.0960. The minimum Gasteiger partial charge on any atom is -0.486 e. The van der Waals surface area contributed by atoms with E-state index in [1.807, 2.05) is 43.3 Å². The molecule has 0 saturated carbocycles. The van der Waals surface area contributed by atoms with Crippen molar-refractivity contribution in [1.29, 1.82) is 0 Å². The van der Waals surface area contributed by atoms with E-state index in [9.17, 15) is 9.59 Å². The first-order chi connectivity index (χ1) is 16.5. The summed E-state index contributed by atoms with van der Waals surface area (Å²) in [6, 6.07) is 20.1. The number of rotatable bonds is 8. The number of fused-ring (bicyclic) bond motifs is 1. The first-order valence-corrected chi connectivity index (χ1v) is 12.3. The number of carbonyl (C=O) groups excluding carboxylic acids is 2. The van der Waals surface area contributed by atoms with Gasteiger partial charge in [0.2, 0.25) is 11.8 Å². The molecule has 1 heterocycles. The SMILES string of the molecule is CCC(Sc1cccc(NC(=O)Cc2ccc(Cl)cc2)c1)C(=O)Nc1ccc2c(c1)OCCO2. The summed E-state index contributed by atoms with van der Waals surface area (Å²) in [5.74, 6) is 1.10. The predicted octanol–water partition coefficient (Wildman–Crippen LogP) is 5.80. The van der Waals surface area contributed by atoms with Gasteiger partial charge in [0.05, 0.1) is 11.7 Å². The van der Waals surface area contributed by atoms with Crippen LogP contribution in [0.2, 0.25) is 5.02 Å². The van der Waals surface area contributed by atoms with E-state index in [0.29, 0.717) is 47.5 Å². The van der Waals surface area contributed by atoms with Crippen molar-refractivity contribution in [1.82, 2.24) is 0 Å². The van der Waals surface area contributed by atoms with Gasteiger partial charge >= 0.3 is 0 Å². The molecule has 2 amide bonds. The Kier molecular flexibility index (Phi) is 7.98. The number of hydrogen-bond donors (Lipinski definition) is 2. The number of carbonyl (C=O) groups is 2. The summed E-state index contributed by atoms with van der Waals surface area (Å²) in [7, 11) is 0. The van der Waals surface area contributed by atoms with Crippen molar-refractivity contribution in [3.8, 4) is 11.5 Å². The number of anilines is 2. The molecule has 0 bridgehead atoms. The second-order valence-corrected chi connectivity index (χ2v) is 9.45. The van der Waals surface area contributed by atoms with E-state index >= 15 is 0 Å². The number of amides is 2. The third-order valence-electron chi connectivity index (χ3n) is 5.15. The molecule has 2 N–H and O–H groups in total. The monoisotopic (exact) mass is 496 g/mol. The van der Waals surface area contributed by atoms with Crippen LogP contribution >= 0.6 is 23.4 Å². The maximum atomic E-state index is 12.9. The summed E-state index contributed by atoms with van der Waals surface area (Å²) in [5, 5.41) is 6.23. The zero-order valence-electron chi connectivity index (χ0n) is 18.7. The van der Waals surface area contributed by atoms with E-state index in [2.05, 4.69) is 10.6 Å². The van der Waals surface area contributed by atoms with Gasteiger partial charge in [0.25, 0.3) is 0 Å². The van der Waals surface area contributed by atoms with Crippen molar-refractivity contribution < 1.29 is 19.1 Å². The lowest BCUT2D eigenvalue weighted by atomic mass is 10.1. The molecular weight excluding hydrogens is 472 g/mol. The Morgan fingerprint density at radius 2 is 1.68 bits per heavy atom. The highest BCUT2D eigenvalue weighted by molar-refractivity contribution is 8.00. The number of thioether (sulfide) groups is 1. The third-order valence-corrected chi connectivity index (χ3v) is 6.76. The molecule has 176 valence electrons. The van der Waals surface area contributed by atoms with Crippen LogP contribution < -0.4 is 20.1 Å². The molecule has 1 atom stereocenters. The maximum absolute atomic E-state index is 12.9. The summed E-state index contributed by atoms with van der Waals surface area (Å²) < 4.78 is 11.1. The van der Waals surface area contributed by atoms with Gasteiger partial charge in [-0.15, -0.1) is 11.8 Å². The van der Waals surface area contributed by atoms with Crippen LogP contribution in [-0.4, -0.2) is 30.3 Å². The first-order valence-electron chi connectivity index (χ1n) is 11.0. The Labute approximate surface area is 208 Å². The molecule has 3 aromatic carbocycles. The van der Waals surface area contributed by atoms with Gasteiger partial charge < -0.3 is 20.1 Å². The van der Waals surface area contributed by atoms with Crippen LogP contribution in [0.15, 0.2) is 71.6 Å². The predicted molar refractivity (Wildman–Crippen MR) is 136 cm³/mol. The molecule has 0 spiro atoms. The van der Waals surface area contributed by atoms with E-state index in [4.69, 9.17) is 21.1 Å². The zero-order chi connectivity index (χ0) is 23.9. The lowest BCUT2D eigenvalue weighted by Gasteiger charge is -2.20. The van der Waals surface area contributed by atoms with Crippen LogP contribution in [0.3, 0.4) is 0 Å². The smallest absolute Gasteiger partial charge is 0.237 e. The van der Waals surface area contributed by atoms with Gasteiger partial charge in [0, 0.05) is 27.4 Å². The van der Waals surface area contributed by atoms with E-state index in [0.717, 1.165) is 10.5 Å². The number of benzene rings is 3. The lowest BCUT2D eigenvalue weighted by molar-refractivity contribution is -0.116. The van der Waals surface area contributed by atoms with Gasteiger partial charge in [-0.25, -0.2) is 0 Å². The van der Waals surface area contributed by atoms with Gasteiger partial charge in [0.15, 0.2) is 11.5 Å². The topological polar surface area (TPSA) is 76.7 Å². The first kappa shape index (κ1) is 24.0. The molecule has 0 radical (unpaired) electrons. The molecule has 0 fully saturated rings. The normalized spacial score (nSPS) is 13.1. The molecule has 4 rings (SSSR count). The maximum Gasteiger partial charge on any atom is 0.237 e. The second kappa shape index (κ2) is 11.3. The average molecular weight is 497 g/mol.